The lowest BCUT2D eigenvalue weighted by molar-refractivity contribution is 0.216. The van der Waals surface area contributed by atoms with Crippen molar-refractivity contribution in [3.8, 4) is 0 Å². The largest absolute Gasteiger partial charge is 0.312 e. The first kappa shape index (κ1) is 9.47. The molecule has 2 aliphatic heterocycles. The van der Waals surface area contributed by atoms with E-state index in [2.05, 4.69) is 17.1 Å². The Morgan fingerprint density at radius 2 is 2.00 bits per heavy atom. The fourth-order valence-electron chi connectivity index (χ4n) is 2.60. The minimum absolute atomic E-state index is 0.770. The van der Waals surface area contributed by atoms with Gasteiger partial charge in [-0.25, -0.2) is 0 Å². The number of hydrogen-bond donors (Lipinski definition) is 1. The van der Waals surface area contributed by atoms with Crippen molar-refractivity contribution in [1.29, 1.82) is 0 Å². The van der Waals surface area contributed by atoms with E-state index in [4.69, 9.17) is 0 Å². The van der Waals surface area contributed by atoms with Gasteiger partial charge in [-0.1, -0.05) is 6.92 Å². The first-order valence-electron chi connectivity index (χ1n) is 5.82. The predicted octanol–water partition coefficient (Wildman–Crippen LogP) is 1.47. The SMILES string of the molecule is C[C@@H]1CCCN[C@H]1CN1CCCC1. The van der Waals surface area contributed by atoms with Crippen molar-refractivity contribution >= 4 is 0 Å². The minimum atomic E-state index is 0.770. The first-order chi connectivity index (χ1) is 6.36. The van der Waals surface area contributed by atoms with Gasteiger partial charge in [0.05, 0.1) is 0 Å². The van der Waals surface area contributed by atoms with Crippen LogP contribution in [0.15, 0.2) is 0 Å². The zero-order valence-electron chi connectivity index (χ0n) is 8.76. The van der Waals surface area contributed by atoms with Crippen LogP contribution in [-0.4, -0.2) is 37.1 Å². The molecule has 13 heavy (non-hydrogen) atoms. The molecule has 2 atom stereocenters. The lowest BCUT2D eigenvalue weighted by atomic mass is 9.92. The molecular weight excluding hydrogens is 160 g/mol. The number of rotatable bonds is 2. The lowest BCUT2D eigenvalue weighted by Gasteiger charge is -2.33. The monoisotopic (exact) mass is 182 g/mol. The highest BCUT2D eigenvalue weighted by molar-refractivity contribution is 4.82. The molecule has 2 rings (SSSR count). The molecule has 2 heterocycles. The van der Waals surface area contributed by atoms with Crippen molar-refractivity contribution in [1.82, 2.24) is 10.2 Å². The Bertz CT molecular complexity index is 152. The summed E-state index contributed by atoms with van der Waals surface area (Å²) < 4.78 is 0. The van der Waals surface area contributed by atoms with Gasteiger partial charge in [-0.15, -0.1) is 0 Å². The number of likely N-dealkylation sites (tertiary alicyclic amines) is 1. The van der Waals surface area contributed by atoms with Gasteiger partial charge >= 0.3 is 0 Å². The second-order valence-electron chi connectivity index (χ2n) is 4.69. The van der Waals surface area contributed by atoms with Gasteiger partial charge in [-0.3, -0.25) is 0 Å². The van der Waals surface area contributed by atoms with Gasteiger partial charge in [0.15, 0.2) is 0 Å². The van der Waals surface area contributed by atoms with Gasteiger partial charge in [-0.2, -0.15) is 0 Å². The molecule has 0 unspecified atom stereocenters. The van der Waals surface area contributed by atoms with Crippen molar-refractivity contribution in [3.63, 3.8) is 0 Å². The van der Waals surface area contributed by atoms with E-state index >= 15 is 0 Å². The molecular formula is C11H22N2. The van der Waals surface area contributed by atoms with E-state index in [-0.39, 0.29) is 0 Å². The van der Waals surface area contributed by atoms with E-state index < -0.39 is 0 Å². The van der Waals surface area contributed by atoms with E-state index in [1.165, 1.54) is 51.9 Å². The fraction of sp³-hybridized carbons (Fsp3) is 1.00. The Morgan fingerprint density at radius 3 is 2.69 bits per heavy atom. The van der Waals surface area contributed by atoms with Crippen LogP contribution in [0.4, 0.5) is 0 Å². The third-order valence-electron chi connectivity index (χ3n) is 3.58. The fourth-order valence-corrected chi connectivity index (χ4v) is 2.60. The highest BCUT2D eigenvalue weighted by Gasteiger charge is 2.23. The average molecular weight is 182 g/mol. The van der Waals surface area contributed by atoms with Crippen LogP contribution >= 0.6 is 0 Å². The van der Waals surface area contributed by atoms with Gasteiger partial charge in [0.2, 0.25) is 0 Å². The molecule has 2 aliphatic rings. The summed E-state index contributed by atoms with van der Waals surface area (Å²) in [5.41, 5.74) is 0. The topological polar surface area (TPSA) is 15.3 Å². The van der Waals surface area contributed by atoms with E-state index in [1.807, 2.05) is 0 Å². The molecule has 0 aromatic heterocycles. The number of nitrogens with one attached hydrogen (secondary N) is 1. The van der Waals surface area contributed by atoms with Gasteiger partial charge in [0.25, 0.3) is 0 Å². The zero-order valence-corrected chi connectivity index (χ0v) is 8.76. The highest BCUT2D eigenvalue weighted by Crippen LogP contribution is 2.18. The average Bonchev–Trinajstić information content (AvgIpc) is 2.61. The van der Waals surface area contributed by atoms with Crippen LogP contribution in [0, 0.1) is 5.92 Å². The summed E-state index contributed by atoms with van der Waals surface area (Å²) in [7, 11) is 0. The second-order valence-corrected chi connectivity index (χ2v) is 4.69. The smallest absolute Gasteiger partial charge is 0.0220 e. The maximum absolute atomic E-state index is 3.65. The summed E-state index contributed by atoms with van der Waals surface area (Å²) in [5, 5.41) is 3.65. The van der Waals surface area contributed by atoms with Crippen LogP contribution < -0.4 is 5.32 Å². The number of piperidine rings is 1. The molecule has 2 fully saturated rings. The molecule has 1 N–H and O–H groups in total. The maximum atomic E-state index is 3.65. The van der Waals surface area contributed by atoms with Crippen molar-refractivity contribution in [2.24, 2.45) is 5.92 Å². The Hall–Kier alpha value is -0.0800. The van der Waals surface area contributed by atoms with Crippen molar-refractivity contribution in [2.45, 2.75) is 38.6 Å². The summed E-state index contributed by atoms with van der Waals surface area (Å²) in [6.45, 7) is 7.60. The van der Waals surface area contributed by atoms with Crippen molar-refractivity contribution in [3.05, 3.63) is 0 Å². The Morgan fingerprint density at radius 1 is 1.23 bits per heavy atom. The van der Waals surface area contributed by atoms with Gasteiger partial charge < -0.3 is 10.2 Å². The molecule has 0 saturated carbocycles. The molecule has 0 radical (unpaired) electrons. The molecule has 0 aromatic rings. The summed E-state index contributed by atoms with van der Waals surface area (Å²) in [6.07, 6.45) is 5.63. The predicted molar refractivity (Wildman–Crippen MR) is 55.9 cm³/mol. The van der Waals surface area contributed by atoms with E-state index in [0.717, 1.165) is 12.0 Å². The van der Waals surface area contributed by atoms with Gasteiger partial charge in [-0.05, 0) is 51.2 Å². The third kappa shape index (κ3) is 2.44. The quantitative estimate of drug-likeness (QED) is 0.695. The van der Waals surface area contributed by atoms with Crippen molar-refractivity contribution in [2.75, 3.05) is 26.2 Å². The summed E-state index contributed by atoms with van der Waals surface area (Å²) in [5.74, 6) is 0.884. The van der Waals surface area contributed by atoms with Crippen LogP contribution in [0.2, 0.25) is 0 Å². The standard InChI is InChI=1S/C11H22N2/c1-10-5-4-6-12-11(10)9-13-7-2-3-8-13/h10-12H,2-9H2,1H3/t10-,11+/m1/s1. The molecule has 2 heteroatoms. The highest BCUT2D eigenvalue weighted by atomic mass is 15.2. The van der Waals surface area contributed by atoms with Gasteiger partial charge in [0.1, 0.15) is 0 Å². The van der Waals surface area contributed by atoms with Crippen LogP contribution in [0.5, 0.6) is 0 Å². The second kappa shape index (κ2) is 4.43. The van der Waals surface area contributed by atoms with Crippen LogP contribution in [0.1, 0.15) is 32.6 Å². The van der Waals surface area contributed by atoms with Crippen LogP contribution in [0.25, 0.3) is 0 Å². The summed E-state index contributed by atoms with van der Waals surface area (Å²) >= 11 is 0. The normalized spacial score (nSPS) is 36.7. The molecule has 0 amide bonds. The molecule has 76 valence electrons. The number of nitrogens with zero attached hydrogens (tertiary/aromatic N) is 1. The van der Waals surface area contributed by atoms with E-state index in [1.54, 1.807) is 0 Å². The molecule has 0 aromatic carbocycles. The lowest BCUT2D eigenvalue weighted by Crippen LogP contribution is -2.47. The Kier molecular flexibility index (Phi) is 3.23. The molecule has 2 saturated heterocycles. The van der Waals surface area contributed by atoms with Gasteiger partial charge in [0, 0.05) is 12.6 Å². The van der Waals surface area contributed by atoms with Crippen LogP contribution in [0.3, 0.4) is 0 Å². The maximum Gasteiger partial charge on any atom is 0.0220 e. The van der Waals surface area contributed by atoms with Crippen LogP contribution in [-0.2, 0) is 0 Å². The Labute approximate surface area is 81.7 Å². The molecule has 0 spiro atoms. The van der Waals surface area contributed by atoms with Crippen molar-refractivity contribution < 1.29 is 0 Å². The molecule has 2 nitrogen and oxygen atoms in total. The summed E-state index contributed by atoms with van der Waals surface area (Å²) in [4.78, 5) is 2.62. The van der Waals surface area contributed by atoms with E-state index in [0.29, 0.717) is 0 Å². The number of hydrogen-bond acceptors (Lipinski definition) is 2. The van der Waals surface area contributed by atoms with E-state index in [9.17, 15) is 0 Å². The Balaban J connectivity index is 1.78. The first-order valence-corrected chi connectivity index (χ1v) is 5.82. The minimum Gasteiger partial charge on any atom is -0.312 e. The zero-order chi connectivity index (χ0) is 9.10. The molecule has 0 bridgehead atoms. The summed E-state index contributed by atoms with van der Waals surface area (Å²) in [6, 6.07) is 0.770. The third-order valence-corrected chi connectivity index (χ3v) is 3.58. The molecule has 0 aliphatic carbocycles.